The smallest absolute Gasteiger partial charge is 0.0495 e. The molecule has 0 radical (unpaired) electrons. The van der Waals surface area contributed by atoms with Crippen molar-refractivity contribution in [3.63, 3.8) is 0 Å². The molecule has 3 aliphatic rings. The number of hydrogen-bond donors (Lipinski definition) is 1. The maximum atomic E-state index is 4.94. The lowest BCUT2D eigenvalue weighted by atomic mass is 9.78. The Kier molecular flexibility index (Phi) is 5.74. The molecule has 0 aliphatic heterocycles. The second-order valence-electron chi connectivity index (χ2n) is 7.89. The van der Waals surface area contributed by atoms with E-state index in [1.807, 2.05) is 0 Å². The van der Waals surface area contributed by atoms with Crippen LogP contribution in [-0.4, -0.2) is 24.3 Å². The van der Waals surface area contributed by atoms with Crippen LogP contribution >= 0.6 is 0 Å². The minimum absolute atomic E-state index is 0.653. The molecule has 2 nitrogen and oxygen atoms in total. The molecule has 0 aromatic heterocycles. The maximum absolute atomic E-state index is 4.94. The van der Waals surface area contributed by atoms with E-state index in [1.165, 1.54) is 77.0 Å². The number of hydrogen-bond acceptors (Lipinski definition) is 2. The molecule has 3 aliphatic carbocycles. The van der Waals surface area contributed by atoms with Gasteiger partial charge in [-0.1, -0.05) is 39.0 Å². The third-order valence-electron chi connectivity index (χ3n) is 6.13. The monoisotopic (exact) mass is 290 g/mol. The first-order chi connectivity index (χ1) is 10.3. The van der Waals surface area contributed by atoms with Crippen LogP contribution in [0.25, 0.3) is 0 Å². The Labute approximate surface area is 131 Å². The first-order valence-corrected chi connectivity index (χ1v) is 9.60. The van der Waals surface area contributed by atoms with E-state index >= 15 is 0 Å². The molecule has 0 heterocycles. The molecular formula is C19H34N2. The summed E-state index contributed by atoms with van der Waals surface area (Å²) in [6, 6.07) is 2.26. The van der Waals surface area contributed by atoms with Gasteiger partial charge in [0.2, 0.25) is 0 Å². The van der Waals surface area contributed by atoms with Crippen LogP contribution in [0.5, 0.6) is 0 Å². The summed E-state index contributed by atoms with van der Waals surface area (Å²) in [5.74, 6) is 1.55. The summed E-state index contributed by atoms with van der Waals surface area (Å²) in [7, 11) is 0. The molecule has 0 amide bonds. The van der Waals surface area contributed by atoms with Gasteiger partial charge in [0, 0.05) is 24.3 Å². The average Bonchev–Trinajstić information content (AvgIpc) is 3.00. The summed E-state index contributed by atoms with van der Waals surface area (Å²) >= 11 is 0. The van der Waals surface area contributed by atoms with Crippen LogP contribution < -0.4 is 5.32 Å². The Bertz CT molecular complexity index is 326. The second-order valence-corrected chi connectivity index (χ2v) is 7.89. The van der Waals surface area contributed by atoms with Crippen LogP contribution in [0, 0.1) is 11.8 Å². The topological polar surface area (TPSA) is 24.4 Å². The Morgan fingerprint density at radius 3 is 2.24 bits per heavy atom. The number of rotatable bonds is 4. The van der Waals surface area contributed by atoms with Gasteiger partial charge in [-0.05, 0) is 56.8 Å². The fourth-order valence-corrected chi connectivity index (χ4v) is 4.68. The van der Waals surface area contributed by atoms with Gasteiger partial charge in [-0.2, -0.15) is 0 Å². The standard InChI is InChI=1S/C19H34N2/c1-15-13-19(21-18-9-5-6-10-18)12-11-16(15)14-20-17-7-3-2-4-8-17/h14-19,21H,2-13H2,1H3. The van der Waals surface area contributed by atoms with Gasteiger partial charge in [0.05, 0.1) is 0 Å². The quantitative estimate of drug-likeness (QED) is 0.744. The highest BCUT2D eigenvalue weighted by atomic mass is 15.0. The summed E-state index contributed by atoms with van der Waals surface area (Å²) < 4.78 is 0. The predicted molar refractivity (Wildman–Crippen MR) is 91.0 cm³/mol. The van der Waals surface area contributed by atoms with Crippen molar-refractivity contribution in [2.75, 3.05) is 0 Å². The minimum Gasteiger partial charge on any atom is -0.311 e. The summed E-state index contributed by atoms with van der Waals surface area (Å²) in [5.41, 5.74) is 0. The van der Waals surface area contributed by atoms with Gasteiger partial charge in [0.25, 0.3) is 0 Å². The summed E-state index contributed by atoms with van der Waals surface area (Å²) in [5, 5.41) is 3.93. The van der Waals surface area contributed by atoms with Crippen LogP contribution in [0.15, 0.2) is 4.99 Å². The van der Waals surface area contributed by atoms with Gasteiger partial charge < -0.3 is 5.32 Å². The Hall–Kier alpha value is -0.370. The molecule has 1 N–H and O–H groups in total. The lowest BCUT2D eigenvalue weighted by molar-refractivity contribution is 0.247. The highest BCUT2D eigenvalue weighted by Gasteiger charge is 2.28. The van der Waals surface area contributed by atoms with Crippen molar-refractivity contribution in [2.24, 2.45) is 16.8 Å². The fraction of sp³-hybridized carbons (Fsp3) is 0.947. The molecule has 3 atom stereocenters. The fourth-order valence-electron chi connectivity index (χ4n) is 4.68. The molecule has 3 unspecified atom stereocenters. The van der Waals surface area contributed by atoms with Crippen molar-refractivity contribution in [1.29, 1.82) is 0 Å². The molecule has 120 valence electrons. The van der Waals surface area contributed by atoms with E-state index in [2.05, 4.69) is 18.5 Å². The highest BCUT2D eigenvalue weighted by Crippen LogP contribution is 2.31. The van der Waals surface area contributed by atoms with E-state index in [0.717, 1.165) is 23.9 Å². The van der Waals surface area contributed by atoms with E-state index in [-0.39, 0.29) is 0 Å². The average molecular weight is 290 g/mol. The molecule has 3 rings (SSSR count). The van der Waals surface area contributed by atoms with Gasteiger partial charge in [-0.3, -0.25) is 4.99 Å². The van der Waals surface area contributed by atoms with E-state index in [9.17, 15) is 0 Å². The molecule has 3 fully saturated rings. The SMILES string of the molecule is CC1CC(NC2CCCC2)CCC1C=NC1CCCCC1. The van der Waals surface area contributed by atoms with E-state index in [0.29, 0.717) is 6.04 Å². The van der Waals surface area contributed by atoms with Crippen molar-refractivity contribution in [1.82, 2.24) is 5.32 Å². The Balaban J connectivity index is 1.43. The lowest BCUT2D eigenvalue weighted by Crippen LogP contribution is -2.41. The van der Waals surface area contributed by atoms with Gasteiger partial charge in [0.15, 0.2) is 0 Å². The van der Waals surface area contributed by atoms with Crippen molar-refractivity contribution in [2.45, 2.75) is 102 Å². The Morgan fingerprint density at radius 1 is 0.810 bits per heavy atom. The largest absolute Gasteiger partial charge is 0.311 e. The van der Waals surface area contributed by atoms with Gasteiger partial charge in [-0.25, -0.2) is 0 Å². The third kappa shape index (κ3) is 4.55. The van der Waals surface area contributed by atoms with Crippen LogP contribution in [0.2, 0.25) is 0 Å². The van der Waals surface area contributed by atoms with Crippen molar-refractivity contribution < 1.29 is 0 Å². The van der Waals surface area contributed by atoms with Crippen LogP contribution in [0.1, 0.15) is 84.0 Å². The molecule has 0 aromatic rings. The highest BCUT2D eigenvalue weighted by molar-refractivity contribution is 5.61. The third-order valence-corrected chi connectivity index (χ3v) is 6.13. The number of nitrogens with zero attached hydrogens (tertiary/aromatic N) is 1. The molecule has 2 heteroatoms. The number of nitrogens with one attached hydrogen (secondary N) is 1. The van der Waals surface area contributed by atoms with E-state index in [4.69, 9.17) is 4.99 Å². The summed E-state index contributed by atoms with van der Waals surface area (Å²) in [6.07, 6.45) is 19.0. The zero-order chi connectivity index (χ0) is 14.5. The zero-order valence-corrected chi connectivity index (χ0v) is 13.9. The molecule has 0 aromatic carbocycles. The van der Waals surface area contributed by atoms with Crippen LogP contribution in [-0.2, 0) is 0 Å². The van der Waals surface area contributed by atoms with Crippen molar-refractivity contribution in [3.8, 4) is 0 Å². The van der Waals surface area contributed by atoms with Crippen molar-refractivity contribution in [3.05, 3.63) is 0 Å². The zero-order valence-electron chi connectivity index (χ0n) is 13.9. The molecule has 0 spiro atoms. The van der Waals surface area contributed by atoms with Crippen molar-refractivity contribution >= 4 is 6.21 Å². The first kappa shape index (κ1) is 15.5. The minimum atomic E-state index is 0.653. The molecule has 21 heavy (non-hydrogen) atoms. The molecule has 0 bridgehead atoms. The predicted octanol–water partition coefficient (Wildman–Crippen LogP) is 4.73. The number of aliphatic imine (C=N–C) groups is 1. The molecule has 3 saturated carbocycles. The van der Waals surface area contributed by atoms with Crippen LogP contribution in [0.4, 0.5) is 0 Å². The lowest BCUT2D eigenvalue weighted by Gasteiger charge is -2.34. The maximum Gasteiger partial charge on any atom is 0.0495 e. The van der Waals surface area contributed by atoms with E-state index in [1.54, 1.807) is 0 Å². The first-order valence-electron chi connectivity index (χ1n) is 9.60. The summed E-state index contributed by atoms with van der Waals surface area (Å²) in [6.45, 7) is 2.44. The van der Waals surface area contributed by atoms with Gasteiger partial charge >= 0.3 is 0 Å². The van der Waals surface area contributed by atoms with Crippen LogP contribution in [0.3, 0.4) is 0 Å². The Morgan fingerprint density at radius 2 is 1.52 bits per heavy atom. The summed E-state index contributed by atoms with van der Waals surface area (Å²) in [4.78, 5) is 4.94. The second kappa shape index (κ2) is 7.76. The van der Waals surface area contributed by atoms with Gasteiger partial charge in [0.1, 0.15) is 0 Å². The van der Waals surface area contributed by atoms with Gasteiger partial charge in [-0.15, -0.1) is 0 Å². The molecule has 0 saturated heterocycles. The molecular weight excluding hydrogens is 256 g/mol. The normalized spacial score (nSPS) is 36.5. The van der Waals surface area contributed by atoms with E-state index < -0.39 is 0 Å².